The molecule has 0 spiro atoms. The molecule has 0 unspecified atom stereocenters. The second-order valence-electron chi connectivity index (χ2n) is 7.30. The molecule has 1 amide bonds. The minimum Gasteiger partial charge on any atom is -0.481 e. The van der Waals surface area contributed by atoms with E-state index in [0.717, 1.165) is 39.4 Å². The van der Waals surface area contributed by atoms with Crippen LogP contribution >= 0.6 is 0 Å². The van der Waals surface area contributed by atoms with Crippen molar-refractivity contribution in [3.05, 3.63) is 58.7 Å². The average Bonchev–Trinajstić information content (AvgIpc) is 3.09. The number of aliphatic carboxylic acids is 1. The van der Waals surface area contributed by atoms with Gasteiger partial charge in [-0.2, -0.15) is 9.99 Å². The molecule has 8 heteroatoms. The van der Waals surface area contributed by atoms with Crippen LogP contribution in [0.3, 0.4) is 0 Å². The Kier molecular flexibility index (Phi) is 5.58. The van der Waals surface area contributed by atoms with Gasteiger partial charge in [-0.25, -0.2) is 0 Å². The minimum absolute atomic E-state index is 0.0225. The van der Waals surface area contributed by atoms with Gasteiger partial charge in [0.25, 0.3) is 0 Å². The van der Waals surface area contributed by atoms with Gasteiger partial charge >= 0.3 is 5.97 Å². The Morgan fingerprint density at radius 2 is 1.90 bits per heavy atom. The average molecular weight is 407 g/mol. The van der Waals surface area contributed by atoms with Gasteiger partial charge in [-0.05, 0) is 43.2 Å². The summed E-state index contributed by atoms with van der Waals surface area (Å²) in [7, 11) is 0. The van der Waals surface area contributed by atoms with Crippen molar-refractivity contribution in [2.45, 2.75) is 39.2 Å². The fourth-order valence-electron chi connectivity index (χ4n) is 3.43. The van der Waals surface area contributed by atoms with Crippen molar-refractivity contribution in [1.82, 2.24) is 0 Å². The summed E-state index contributed by atoms with van der Waals surface area (Å²) in [6.45, 7) is 2.33. The zero-order valence-corrected chi connectivity index (χ0v) is 16.5. The number of carbonyl (C=O) groups is 2. The predicted molar refractivity (Wildman–Crippen MR) is 111 cm³/mol. The highest BCUT2D eigenvalue weighted by atomic mass is 17.2. The lowest BCUT2D eigenvalue weighted by atomic mass is 9.93. The molecule has 2 aromatic carbocycles. The molecule has 2 aliphatic rings. The maximum atomic E-state index is 12.0. The van der Waals surface area contributed by atoms with Crippen LogP contribution in [0.5, 0.6) is 5.75 Å². The van der Waals surface area contributed by atoms with Crippen molar-refractivity contribution < 1.29 is 24.5 Å². The van der Waals surface area contributed by atoms with Gasteiger partial charge in [0.1, 0.15) is 12.3 Å². The van der Waals surface area contributed by atoms with Gasteiger partial charge < -0.3 is 15.3 Å². The molecule has 0 bridgehead atoms. The molecule has 0 aromatic heterocycles. The largest absolute Gasteiger partial charge is 0.481 e. The van der Waals surface area contributed by atoms with Gasteiger partial charge in [0.2, 0.25) is 5.91 Å². The molecule has 2 N–H and O–H groups in total. The second kappa shape index (κ2) is 8.46. The lowest BCUT2D eigenvalue weighted by Gasteiger charge is -2.12. The summed E-state index contributed by atoms with van der Waals surface area (Å²) in [5.74, 6) is -0.390. The molecule has 0 saturated heterocycles. The van der Waals surface area contributed by atoms with Gasteiger partial charge in [-0.1, -0.05) is 12.1 Å². The van der Waals surface area contributed by atoms with Crippen LogP contribution in [-0.2, 0) is 27.5 Å². The van der Waals surface area contributed by atoms with E-state index < -0.39 is 5.97 Å². The summed E-state index contributed by atoms with van der Waals surface area (Å²) in [6.07, 6.45) is 1.12. The van der Waals surface area contributed by atoms with Crippen LogP contribution in [-0.4, -0.2) is 28.4 Å². The highest BCUT2D eigenvalue weighted by Gasteiger charge is 2.22. The first-order valence-corrected chi connectivity index (χ1v) is 9.68. The van der Waals surface area contributed by atoms with Crippen LogP contribution in [0.4, 0.5) is 5.69 Å². The van der Waals surface area contributed by atoms with Gasteiger partial charge in [0.05, 0.1) is 0 Å². The summed E-state index contributed by atoms with van der Waals surface area (Å²) in [5.41, 5.74) is 6.17. The molecular formula is C22H21N3O5. The number of carbonyl (C=O) groups excluding carboxylic acids is 1. The summed E-state index contributed by atoms with van der Waals surface area (Å²) >= 11 is 0. The quantitative estimate of drug-likeness (QED) is 0.713. The zero-order chi connectivity index (χ0) is 21.1. The van der Waals surface area contributed by atoms with E-state index in [1.165, 1.54) is 0 Å². The van der Waals surface area contributed by atoms with Crippen LogP contribution in [0, 0.1) is 0 Å². The predicted octanol–water partition coefficient (Wildman–Crippen LogP) is 3.47. The van der Waals surface area contributed by atoms with Crippen LogP contribution in [0.25, 0.3) is 0 Å². The molecule has 2 heterocycles. The highest BCUT2D eigenvalue weighted by Crippen LogP contribution is 2.32. The third-order valence-corrected chi connectivity index (χ3v) is 4.91. The Labute approximate surface area is 173 Å². The summed E-state index contributed by atoms with van der Waals surface area (Å²) in [4.78, 5) is 32.8. The molecular weight excluding hydrogens is 386 g/mol. The fraction of sp³-hybridized carbons (Fsp3) is 0.273. The Hall–Kier alpha value is -3.52. The first-order chi connectivity index (χ1) is 14.5. The van der Waals surface area contributed by atoms with E-state index in [1.807, 2.05) is 31.2 Å². The number of nitrogens with zero attached hydrogens (tertiary/aromatic N) is 2. The van der Waals surface area contributed by atoms with Crippen molar-refractivity contribution in [1.29, 1.82) is 0 Å². The number of benzene rings is 2. The smallest absolute Gasteiger partial charge is 0.303 e. The molecule has 8 nitrogen and oxygen atoms in total. The van der Waals surface area contributed by atoms with Crippen molar-refractivity contribution in [2.75, 3.05) is 5.32 Å². The monoisotopic (exact) mass is 407 g/mol. The van der Waals surface area contributed by atoms with E-state index in [1.54, 1.807) is 12.1 Å². The van der Waals surface area contributed by atoms with E-state index in [9.17, 15) is 9.59 Å². The normalized spacial score (nSPS) is 14.6. The number of hydrogen-bond donors (Lipinski definition) is 2. The standard InChI is InChI=1S/C22H21N3O5/c1-13-9-15-11-19-16(12-29-30-19)10-18(15)22(25-24-13)14-5-7-17(8-6-14)23-20(26)3-2-4-21(27)28/h5-8,10-11H,2-4,9,12H2,1H3,(H,23,26)(H,27,28). The Balaban J connectivity index is 1.54. The molecule has 0 aliphatic carbocycles. The van der Waals surface area contributed by atoms with Crippen LogP contribution in [0.15, 0.2) is 46.6 Å². The number of nitrogens with one attached hydrogen (secondary N) is 1. The van der Waals surface area contributed by atoms with Crippen molar-refractivity contribution in [2.24, 2.45) is 10.2 Å². The number of fused-ring (bicyclic) bond motifs is 2. The van der Waals surface area contributed by atoms with Gasteiger partial charge in [-0.3, -0.25) is 9.59 Å². The zero-order valence-electron chi connectivity index (χ0n) is 16.5. The van der Waals surface area contributed by atoms with Crippen molar-refractivity contribution >= 4 is 29.0 Å². The van der Waals surface area contributed by atoms with Crippen LogP contribution in [0.2, 0.25) is 0 Å². The molecule has 0 saturated carbocycles. The number of anilines is 1. The molecule has 0 radical (unpaired) electrons. The SMILES string of the molecule is CC1=NN=C(c2ccc(NC(=O)CCCC(=O)O)cc2)c2cc3c(cc2C1)OOC3. The molecule has 30 heavy (non-hydrogen) atoms. The molecule has 0 atom stereocenters. The summed E-state index contributed by atoms with van der Waals surface area (Å²) in [5, 5.41) is 20.3. The Bertz CT molecular complexity index is 1060. The minimum atomic E-state index is -0.904. The Morgan fingerprint density at radius 3 is 2.67 bits per heavy atom. The third kappa shape index (κ3) is 4.38. The first-order valence-electron chi connectivity index (χ1n) is 9.68. The van der Waals surface area contributed by atoms with Crippen molar-refractivity contribution in [3.63, 3.8) is 0 Å². The summed E-state index contributed by atoms with van der Waals surface area (Å²) in [6, 6.07) is 11.4. The molecule has 4 rings (SSSR count). The van der Waals surface area contributed by atoms with E-state index in [-0.39, 0.29) is 18.7 Å². The number of amides is 1. The number of hydrogen-bond acceptors (Lipinski definition) is 6. The number of carboxylic acids is 1. The fourth-order valence-corrected chi connectivity index (χ4v) is 3.43. The van der Waals surface area contributed by atoms with Gasteiger partial charge in [0, 0.05) is 47.4 Å². The molecule has 2 aromatic rings. The lowest BCUT2D eigenvalue weighted by molar-refractivity contribution is -0.194. The van der Waals surface area contributed by atoms with Gasteiger partial charge in [-0.15, -0.1) is 5.10 Å². The van der Waals surface area contributed by atoms with Gasteiger partial charge in [0.15, 0.2) is 5.75 Å². The maximum absolute atomic E-state index is 12.0. The van der Waals surface area contributed by atoms with E-state index in [0.29, 0.717) is 25.1 Å². The number of rotatable bonds is 6. The number of carboxylic acid groups (broad SMARTS) is 1. The highest BCUT2D eigenvalue weighted by molar-refractivity contribution is 6.15. The topological polar surface area (TPSA) is 110 Å². The molecule has 0 fully saturated rings. The van der Waals surface area contributed by atoms with Crippen LogP contribution in [0.1, 0.15) is 48.4 Å². The van der Waals surface area contributed by atoms with E-state index in [2.05, 4.69) is 15.5 Å². The first kappa shape index (κ1) is 19.8. The van der Waals surface area contributed by atoms with E-state index >= 15 is 0 Å². The third-order valence-electron chi connectivity index (χ3n) is 4.91. The second-order valence-corrected chi connectivity index (χ2v) is 7.30. The Morgan fingerprint density at radius 1 is 1.10 bits per heavy atom. The summed E-state index contributed by atoms with van der Waals surface area (Å²) < 4.78 is 0. The lowest BCUT2D eigenvalue weighted by Crippen LogP contribution is -2.12. The van der Waals surface area contributed by atoms with Crippen LogP contribution < -0.4 is 10.2 Å². The maximum Gasteiger partial charge on any atom is 0.303 e. The molecule has 2 aliphatic heterocycles. The van der Waals surface area contributed by atoms with Crippen molar-refractivity contribution in [3.8, 4) is 5.75 Å². The van der Waals surface area contributed by atoms with E-state index in [4.69, 9.17) is 14.9 Å². The molecule has 154 valence electrons.